The molecule has 0 bridgehead atoms. The first-order valence-corrected chi connectivity index (χ1v) is 13.3. The molecule has 5 heteroatoms. The van der Waals surface area contributed by atoms with Crippen molar-refractivity contribution in [2.75, 3.05) is 0 Å². The zero-order valence-electron chi connectivity index (χ0n) is 18.9. The van der Waals surface area contributed by atoms with Crippen LogP contribution in [-0.2, 0) is 16.5 Å². The molecule has 0 atom stereocenters. The third kappa shape index (κ3) is 9.88. The van der Waals surface area contributed by atoms with Crippen molar-refractivity contribution in [1.82, 2.24) is 0 Å². The second-order valence-corrected chi connectivity index (χ2v) is 9.66. The van der Waals surface area contributed by atoms with Crippen molar-refractivity contribution in [2.24, 2.45) is 0 Å². The molecule has 172 valence electrons. The Morgan fingerprint density at radius 1 is 0.677 bits per heavy atom. The first kappa shape index (κ1) is 25.4. The van der Waals surface area contributed by atoms with Gasteiger partial charge in [0.2, 0.25) is 0 Å². The van der Waals surface area contributed by atoms with Crippen LogP contribution in [0.4, 0.5) is 0 Å². The molecule has 2 aromatic carbocycles. The van der Waals surface area contributed by atoms with E-state index in [2.05, 4.69) is 6.92 Å². The molecule has 0 fully saturated rings. The van der Waals surface area contributed by atoms with E-state index in [1.54, 1.807) is 18.2 Å². The smallest absolute Gasteiger partial charge is 0.298 e. The van der Waals surface area contributed by atoms with Crippen LogP contribution in [0.1, 0.15) is 89.5 Å². The molecule has 0 aromatic heterocycles. The number of hydrogen-bond donors (Lipinski definition) is 1. The van der Waals surface area contributed by atoms with Gasteiger partial charge in [0.25, 0.3) is 10.1 Å². The van der Waals surface area contributed by atoms with Crippen molar-refractivity contribution in [1.29, 1.82) is 0 Å². The summed E-state index contributed by atoms with van der Waals surface area (Å²) in [7, 11) is -4.33. The van der Waals surface area contributed by atoms with E-state index in [0.717, 1.165) is 18.4 Å². The minimum absolute atomic E-state index is 0.146. The summed E-state index contributed by atoms with van der Waals surface area (Å²) in [5.41, 5.74) is 1.06. The van der Waals surface area contributed by atoms with Gasteiger partial charge in [-0.1, -0.05) is 108 Å². The fourth-order valence-corrected chi connectivity index (χ4v) is 4.45. The highest BCUT2D eigenvalue weighted by Crippen LogP contribution is 2.31. The minimum Gasteiger partial charge on any atom is -0.456 e. The topological polar surface area (TPSA) is 63.6 Å². The first-order chi connectivity index (χ1) is 15.0. The van der Waals surface area contributed by atoms with Crippen molar-refractivity contribution < 1.29 is 17.7 Å². The third-order valence-electron chi connectivity index (χ3n) is 5.62. The molecule has 4 nitrogen and oxygen atoms in total. The second-order valence-electron chi connectivity index (χ2n) is 8.27. The predicted octanol–water partition coefficient (Wildman–Crippen LogP) is 7.97. The molecular formula is C26H38O4S. The van der Waals surface area contributed by atoms with Gasteiger partial charge in [-0.25, -0.2) is 0 Å². The maximum Gasteiger partial charge on any atom is 0.298 e. The van der Waals surface area contributed by atoms with Crippen molar-refractivity contribution in [3.63, 3.8) is 0 Å². The minimum atomic E-state index is -4.33. The normalized spacial score (nSPS) is 11.5. The fourth-order valence-electron chi connectivity index (χ4n) is 3.83. The summed E-state index contributed by atoms with van der Waals surface area (Å²) in [6.45, 7) is 2.26. The zero-order valence-corrected chi connectivity index (χ0v) is 19.7. The molecule has 0 amide bonds. The molecule has 0 unspecified atom stereocenters. The number of hydrogen-bond acceptors (Lipinski definition) is 3. The van der Waals surface area contributed by atoms with Crippen LogP contribution >= 0.6 is 0 Å². The summed E-state index contributed by atoms with van der Waals surface area (Å²) in [5.74, 6) is 0.786. The first-order valence-electron chi connectivity index (χ1n) is 11.8. The van der Waals surface area contributed by atoms with E-state index < -0.39 is 10.1 Å². The highest BCUT2D eigenvalue weighted by molar-refractivity contribution is 7.86. The van der Waals surface area contributed by atoms with Crippen LogP contribution in [-0.4, -0.2) is 13.0 Å². The van der Waals surface area contributed by atoms with Gasteiger partial charge < -0.3 is 4.74 Å². The Morgan fingerprint density at radius 2 is 1.16 bits per heavy atom. The fraction of sp³-hybridized carbons (Fsp3) is 0.538. The lowest BCUT2D eigenvalue weighted by molar-refractivity contribution is 0.445. The molecule has 0 radical (unpaired) electrons. The molecule has 0 saturated heterocycles. The van der Waals surface area contributed by atoms with E-state index in [1.165, 1.54) is 76.7 Å². The number of unbranched alkanes of at least 4 members (excludes halogenated alkanes) is 11. The van der Waals surface area contributed by atoms with E-state index >= 15 is 0 Å². The monoisotopic (exact) mass is 446 g/mol. The van der Waals surface area contributed by atoms with E-state index in [4.69, 9.17) is 4.74 Å². The maximum absolute atomic E-state index is 11.6. The molecule has 2 rings (SSSR count). The second kappa shape index (κ2) is 14.3. The molecule has 0 aliphatic carbocycles. The van der Waals surface area contributed by atoms with Crippen LogP contribution in [0.25, 0.3) is 0 Å². The van der Waals surface area contributed by atoms with Crippen LogP contribution in [0.5, 0.6) is 11.5 Å². The van der Waals surface area contributed by atoms with Gasteiger partial charge >= 0.3 is 0 Å². The average molecular weight is 447 g/mol. The number of para-hydroxylation sites is 2. The summed E-state index contributed by atoms with van der Waals surface area (Å²) >= 11 is 0. The molecular weight excluding hydrogens is 408 g/mol. The molecule has 0 saturated carbocycles. The van der Waals surface area contributed by atoms with E-state index in [-0.39, 0.29) is 10.6 Å². The van der Waals surface area contributed by atoms with Gasteiger partial charge in [0.05, 0.1) is 0 Å². The van der Waals surface area contributed by atoms with Crippen LogP contribution < -0.4 is 4.74 Å². The van der Waals surface area contributed by atoms with Crippen LogP contribution in [0.3, 0.4) is 0 Å². The summed E-state index contributed by atoms with van der Waals surface area (Å²) in [5, 5.41) is 0. The SMILES string of the molecule is CCCCCCCCCCCCCCc1ccccc1Oc1ccccc1S(=O)(=O)O. The van der Waals surface area contributed by atoms with Crippen molar-refractivity contribution >= 4 is 10.1 Å². The molecule has 0 heterocycles. The lowest BCUT2D eigenvalue weighted by Crippen LogP contribution is -2.01. The Bertz CT molecular complexity index is 861. The number of benzene rings is 2. The third-order valence-corrected chi connectivity index (χ3v) is 6.51. The molecule has 2 aromatic rings. The largest absolute Gasteiger partial charge is 0.456 e. The number of rotatable bonds is 16. The Kier molecular flexibility index (Phi) is 11.7. The highest BCUT2D eigenvalue weighted by atomic mass is 32.2. The standard InChI is InChI=1S/C26H38O4S/c1-2-3-4-5-6-7-8-9-10-11-12-13-18-23-19-14-15-20-24(23)30-25-21-16-17-22-26(25)31(27,28)29/h14-17,19-22H,2-13,18H2,1H3,(H,27,28,29). The van der Waals surface area contributed by atoms with E-state index in [1.807, 2.05) is 24.3 Å². The lowest BCUT2D eigenvalue weighted by atomic mass is 10.0. The van der Waals surface area contributed by atoms with Crippen LogP contribution in [0.15, 0.2) is 53.4 Å². The van der Waals surface area contributed by atoms with E-state index in [0.29, 0.717) is 5.75 Å². The maximum atomic E-state index is 11.6. The Labute approximate surface area is 188 Å². The molecule has 1 N–H and O–H groups in total. The summed E-state index contributed by atoms with van der Waals surface area (Å²) in [4.78, 5) is -0.213. The van der Waals surface area contributed by atoms with Gasteiger partial charge in [-0.3, -0.25) is 4.55 Å². The molecule has 0 aliphatic heterocycles. The Hall–Kier alpha value is -1.85. The van der Waals surface area contributed by atoms with Gasteiger partial charge in [0.15, 0.2) is 0 Å². The van der Waals surface area contributed by atoms with Crippen molar-refractivity contribution in [2.45, 2.75) is 95.3 Å². The highest BCUT2D eigenvalue weighted by Gasteiger charge is 2.17. The van der Waals surface area contributed by atoms with Crippen LogP contribution in [0.2, 0.25) is 0 Å². The van der Waals surface area contributed by atoms with Gasteiger partial charge in [0, 0.05) is 0 Å². The summed E-state index contributed by atoms with van der Waals surface area (Å²) in [6, 6.07) is 13.9. The van der Waals surface area contributed by atoms with Gasteiger partial charge in [-0.05, 0) is 36.6 Å². The zero-order chi connectivity index (χ0) is 22.4. The number of ether oxygens (including phenoxy) is 1. The summed E-state index contributed by atoms with van der Waals surface area (Å²) in [6.07, 6.45) is 16.6. The lowest BCUT2D eigenvalue weighted by Gasteiger charge is -2.13. The van der Waals surface area contributed by atoms with Crippen LogP contribution in [0, 0.1) is 0 Å². The van der Waals surface area contributed by atoms with Crippen molar-refractivity contribution in [3.05, 3.63) is 54.1 Å². The predicted molar refractivity (Wildman–Crippen MR) is 128 cm³/mol. The quantitative estimate of drug-likeness (QED) is 0.210. The van der Waals surface area contributed by atoms with Gasteiger partial charge in [-0.2, -0.15) is 8.42 Å². The molecule has 0 aliphatic rings. The van der Waals surface area contributed by atoms with Crippen molar-refractivity contribution in [3.8, 4) is 11.5 Å². The molecule has 31 heavy (non-hydrogen) atoms. The molecule has 0 spiro atoms. The van der Waals surface area contributed by atoms with E-state index in [9.17, 15) is 13.0 Å². The average Bonchev–Trinajstić information content (AvgIpc) is 2.75. The Balaban J connectivity index is 1.72. The number of aryl methyl sites for hydroxylation is 1. The van der Waals surface area contributed by atoms with Gasteiger partial charge in [0.1, 0.15) is 16.4 Å². The van der Waals surface area contributed by atoms with Gasteiger partial charge in [-0.15, -0.1) is 0 Å². The summed E-state index contributed by atoms with van der Waals surface area (Å²) < 4.78 is 38.5. The Morgan fingerprint density at radius 3 is 1.74 bits per heavy atom.